The van der Waals surface area contributed by atoms with Crippen LogP contribution in [0.25, 0.3) is 0 Å². The number of rotatable bonds is 2. The lowest BCUT2D eigenvalue weighted by Gasteiger charge is -2.33. The molecule has 1 saturated carbocycles. The van der Waals surface area contributed by atoms with Crippen LogP contribution in [0.5, 0.6) is 0 Å². The van der Waals surface area contributed by atoms with Gasteiger partial charge in [-0.25, -0.2) is 0 Å². The molecule has 4 heteroatoms. The zero-order chi connectivity index (χ0) is 14.3. The van der Waals surface area contributed by atoms with Crippen molar-refractivity contribution in [1.82, 2.24) is 5.06 Å². The first kappa shape index (κ1) is 14.8. The van der Waals surface area contributed by atoms with E-state index in [0.717, 1.165) is 30.7 Å². The molecule has 1 saturated heterocycles. The Bertz CT molecular complexity index is 345. The molecule has 0 aromatic rings. The number of hydrogen-bond donors (Lipinski definition) is 0. The summed E-state index contributed by atoms with van der Waals surface area (Å²) < 4.78 is 5.65. The Hall–Kier alpha value is -0.610. The van der Waals surface area contributed by atoms with Crippen molar-refractivity contribution in [2.75, 3.05) is 0 Å². The molecule has 2 fully saturated rings. The maximum atomic E-state index is 12.4. The van der Waals surface area contributed by atoms with Gasteiger partial charge in [-0.3, -0.25) is 4.79 Å². The molecule has 1 aliphatic heterocycles. The van der Waals surface area contributed by atoms with E-state index in [2.05, 4.69) is 0 Å². The van der Waals surface area contributed by atoms with E-state index in [1.165, 1.54) is 6.42 Å². The largest absolute Gasteiger partial charge is 0.462 e. The van der Waals surface area contributed by atoms with Crippen LogP contribution in [0.1, 0.15) is 66.2 Å². The predicted octanol–water partition coefficient (Wildman–Crippen LogP) is 3.09. The van der Waals surface area contributed by atoms with Gasteiger partial charge in [0.1, 0.15) is 6.10 Å². The first-order valence-corrected chi connectivity index (χ1v) is 7.43. The zero-order valence-corrected chi connectivity index (χ0v) is 12.6. The van der Waals surface area contributed by atoms with Gasteiger partial charge < -0.3 is 4.74 Å². The summed E-state index contributed by atoms with van der Waals surface area (Å²) in [4.78, 5) is 12.4. The highest BCUT2D eigenvalue weighted by Crippen LogP contribution is 2.44. The second-order valence-electron chi connectivity index (χ2n) is 7.21. The van der Waals surface area contributed by atoms with Gasteiger partial charge in [-0.2, -0.15) is 0 Å². The smallest absolute Gasteiger partial charge is 0.311 e. The lowest BCUT2D eigenvalue weighted by atomic mass is 9.87. The normalized spacial score (nSPS) is 31.3. The summed E-state index contributed by atoms with van der Waals surface area (Å²) in [6.45, 7) is 7.49. The quantitative estimate of drug-likeness (QED) is 0.723. The van der Waals surface area contributed by atoms with E-state index in [4.69, 9.17) is 4.74 Å². The number of hydroxylamine groups is 2. The van der Waals surface area contributed by atoms with Gasteiger partial charge in [-0.05, 0) is 59.8 Å². The molecule has 0 aromatic heterocycles. The number of ether oxygens (including phenoxy) is 1. The highest BCUT2D eigenvalue weighted by molar-refractivity contribution is 5.75. The van der Waals surface area contributed by atoms with Gasteiger partial charge in [0, 0.05) is 5.54 Å². The van der Waals surface area contributed by atoms with E-state index in [-0.39, 0.29) is 18.0 Å². The van der Waals surface area contributed by atoms with E-state index < -0.39 is 11.1 Å². The van der Waals surface area contributed by atoms with E-state index in [1.54, 1.807) is 0 Å². The molecule has 0 aromatic carbocycles. The average Bonchev–Trinajstić information content (AvgIpc) is 2.51. The molecule has 1 heterocycles. The number of esters is 1. The Morgan fingerprint density at radius 3 is 2.16 bits per heavy atom. The third-order valence-corrected chi connectivity index (χ3v) is 4.75. The van der Waals surface area contributed by atoms with Crippen LogP contribution in [0.4, 0.5) is 0 Å². The summed E-state index contributed by atoms with van der Waals surface area (Å²) in [5, 5.41) is 13.3. The molecule has 1 unspecified atom stereocenters. The Morgan fingerprint density at radius 2 is 1.68 bits per heavy atom. The maximum Gasteiger partial charge on any atom is 0.311 e. The molecule has 0 bridgehead atoms. The highest BCUT2D eigenvalue weighted by Gasteiger charge is 2.56. The van der Waals surface area contributed by atoms with Crippen molar-refractivity contribution >= 4 is 5.97 Å². The highest BCUT2D eigenvalue weighted by atomic mass is 16.5. The van der Waals surface area contributed by atoms with Crippen LogP contribution >= 0.6 is 0 Å². The second-order valence-corrected chi connectivity index (χ2v) is 7.21. The molecular weight excluding hydrogens is 242 g/mol. The van der Waals surface area contributed by atoms with Crippen molar-refractivity contribution < 1.29 is 14.7 Å². The number of nitrogens with zero attached hydrogens (tertiary/aromatic N) is 1. The lowest BCUT2D eigenvalue weighted by Crippen LogP contribution is -2.48. The third kappa shape index (κ3) is 2.79. The van der Waals surface area contributed by atoms with Crippen LogP contribution in [-0.4, -0.2) is 28.2 Å². The summed E-state index contributed by atoms with van der Waals surface area (Å²) in [6, 6.07) is 0. The molecule has 0 amide bonds. The molecular formula is C15H26NO3. The molecule has 1 aliphatic carbocycles. The summed E-state index contributed by atoms with van der Waals surface area (Å²) >= 11 is 0. The van der Waals surface area contributed by atoms with Gasteiger partial charge in [-0.1, -0.05) is 6.42 Å². The standard InChI is InChI=1S/C15H26NO3/c1-14(2)10-12(15(3,4)16(14)18)13(17)19-11-8-6-5-7-9-11/h11-12H,5-10H2,1-4H3. The van der Waals surface area contributed by atoms with Gasteiger partial charge >= 0.3 is 5.97 Å². The van der Waals surface area contributed by atoms with Crippen molar-refractivity contribution in [2.24, 2.45) is 5.92 Å². The van der Waals surface area contributed by atoms with Crippen LogP contribution < -0.4 is 0 Å². The maximum absolute atomic E-state index is 12.4. The van der Waals surface area contributed by atoms with Gasteiger partial charge in [0.05, 0.1) is 11.5 Å². The van der Waals surface area contributed by atoms with Gasteiger partial charge in [-0.15, -0.1) is 10.3 Å². The average molecular weight is 268 g/mol. The van der Waals surface area contributed by atoms with Crippen molar-refractivity contribution in [2.45, 2.75) is 83.4 Å². The van der Waals surface area contributed by atoms with E-state index in [1.807, 2.05) is 27.7 Å². The fraction of sp³-hybridized carbons (Fsp3) is 0.933. The minimum absolute atomic E-state index is 0.0702. The molecule has 1 radical (unpaired) electrons. The molecule has 109 valence electrons. The van der Waals surface area contributed by atoms with Crippen molar-refractivity contribution in [1.29, 1.82) is 0 Å². The number of carbonyl (C=O) groups is 1. The van der Waals surface area contributed by atoms with Gasteiger partial charge in [0.25, 0.3) is 0 Å². The molecule has 4 nitrogen and oxygen atoms in total. The monoisotopic (exact) mass is 268 g/mol. The van der Waals surface area contributed by atoms with Crippen molar-refractivity contribution in [3.05, 3.63) is 0 Å². The Kier molecular flexibility index (Phi) is 3.94. The molecule has 19 heavy (non-hydrogen) atoms. The molecule has 2 rings (SSSR count). The van der Waals surface area contributed by atoms with Crippen molar-refractivity contribution in [3.63, 3.8) is 0 Å². The van der Waals surface area contributed by atoms with Crippen LogP contribution in [0.3, 0.4) is 0 Å². The summed E-state index contributed by atoms with van der Waals surface area (Å²) in [7, 11) is 0. The summed E-state index contributed by atoms with van der Waals surface area (Å²) in [5.41, 5.74) is -1.16. The predicted molar refractivity (Wildman–Crippen MR) is 71.8 cm³/mol. The number of carbonyl (C=O) groups excluding carboxylic acids is 1. The first-order valence-electron chi connectivity index (χ1n) is 7.43. The van der Waals surface area contributed by atoms with Gasteiger partial charge in [0.2, 0.25) is 0 Å². The Morgan fingerprint density at radius 1 is 1.11 bits per heavy atom. The Labute approximate surface area is 116 Å². The molecule has 0 spiro atoms. The lowest BCUT2D eigenvalue weighted by molar-refractivity contribution is -0.249. The zero-order valence-electron chi connectivity index (χ0n) is 12.6. The fourth-order valence-electron chi connectivity index (χ4n) is 3.55. The van der Waals surface area contributed by atoms with Crippen LogP contribution in [-0.2, 0) is 14.7 Å². The molecule has 0 N–H and O–H groups in total. The SMILES string of the molecule is CC1(C)CC(C(=O)OC2CCCCC2)C(C)(C)N1[O]. The van der Waals surface area contributed by atoms with Crippen molar-refractivity contribution in [3.8, 4) is 0 Å². The van der Waals surface area contributed by atoms with E-state index in [9.17, 15) is 10.0 Å². The third-order valence-electron chi connectivity index (χ3n) is 4.75. The minimum atomic E-state index is -0.671. The van der Waals surface area contributed by atoms with Crippen LogP contribution in [0.2, 0.25) is 0 Å². The topological polar surface area (TPSA) is 49.4 Å². The second kappa shape index (κ2) is 5.06. The summed E-state index contributed by atoms with van der Waals surface area (Å²) in [5.74, 6) is -0.495. The van der Waals surface area contributed by atoms with Gasteiger partial charge in [0.15, 0.2) is 0 Å². The van der Waals surface area contributed by atoms with Crippen LogP contribution in [0, 0.1) is 5.92 Å². The first-order chi connectivity index (χ1) is 8.75. The number of hydrogen-bond acceptors (Lipinski definition) is 3. The van der Waals surface area contributed by atoms with Crippen LogP contribution in [0.15, 0.2) is 0 Å². The van der Waals surface area contributed by atoms with E-state index >= 15 is 0 Å². The van der Waals surface area contributed by atoms with E-state index in [0.29, 0.717) is 6.42 Å². The summed E-state index contributed by atoms with van der Waals surface area (Å²) in [6.07, 6.45) is 6.13. The fourth-order valence-corrected chi connectivity index (χ4v) is 3.55. The molecule has 2 aliphatic rings. The minimum Gasteiger partial charge on any atom is -0.462 e. The Balaban J connectivity index is 2.02. The molecule has 1 atom stereocenters.